The molecule has 4 rings (SSSR count). The molecule has 0 aromatic heterocycles. The second-order valence-corrected chi connectivity index (χ2v) is 9.05. The van der Waals surface area contributed by atoms with E-state index in [4.69, 9.17) is 4.84 Å². The monoisotopic (exact) mass is 382 g/mol. The number of carbonyl (C=O) groups excluding carboxylic acids is 1. The fourth-order valence-electron chi connectivity index (χ4n) is 5.24. The molecule has 27 heavy (non-hydrogen) atoms. The van der Waals surface area contributed by atoms with Gasteiger partial charge in [0.15, 0.2) is 0 Å². The third-order valence-corrected chi connectivity index (χ3v) is 6.93. The van der Waals surface area contributed by atoms with Gasteiger partial charge in [0.05, 0.1) is 12.1 Å². The molecule has 2 saturated carbocycles. The average molecular weight is 383 g/mol. The molecule has 154 valence electrons. The summed E-state index contributed by atoms with van der Waals surface area (Å²) in [5, 5.41) is 5.38. The molecule has 2 aliphatic carbocycles. The zero-order valence-electron chi connectivity index (χ0n) is 16.3. The molecule has 7 heteroatoms. The van der Waals surface area contributed by atoms with Crippen molar-refractivity contribution >= 4 is 5.91 Å². The quantitative estimate of drug-likeness (QED) is 0.679. The van der Waals surface area contributed by atoms with Crippen LogP contribution in [-0.2, 0) is 9.63 Å². The molecule has 4 aliphatic rings. The summed E-state index contributed by atoms with van der Waals surface area (Å²) in [6.45, 7) is 2.54. The summed E-state index contributed by atoms with van der Waals surface area (Å²) >= 11 is 0. The highest BCUT2D eigenvalue weighted by molar-refractivity contribution is 5.82. The van der Waals surface area contributed by atoms with E-state index in [2.05, 4.69) is 21.2 Å². The van der Waals surface area contributed by atoms with Crippen molar-refractivity contribution in [1.82, 2.24) is 21.2 Å². The fourth-order valence-corrected chi connectivity index (χ4v) is 5.24. The van der Waals surface area contributed by atoms with Crippen LogP contribution in [0.2, 0.25) is 0 Å². The van der Waals surface area contributed by atoms with Gasteiger partial charge in [0.2, 0.25) is 5.91 Å². The third kappa shape index (κ3) is 5.19. The smallest absolute Gasteiger partial charge is 0.239 e. The maximum atomic E-state index is 13.3. The molecular weight excluding hydrogens is 347 g/mol. The first-order valence-corrected chi connectivity index (χ1v) is 11.0. The normalized spacial score (nSPS) is 38.9. The van der Waals surface area contributed by atoms with Gasteiger partial charge in [-0.1, -0.05) is 19.3 Å². The highest BCUT2D eigenvalue weighted by Crippen LogP contribution is 2.32. The van der Waals surface area contributed by atoms with Gasteiger partial charge in [0, 0.05) is 26.1 Å². The SMILES string of the molecule is O=C(NC1CNN(CC2CCC(F)CC2)C1)C1CC(C2CCCCC2)ON1. The van der Waals surface area contributed by atoms with Crippen LogP contribution in [0.3, 0.4) is 0 Å². The number of halogens is 1. The van der Waals surface area contributed by atoms with Gasteiger partial charge in [-0.2, -0.15) is 5.48 Å². The Balaban J connectivity index is 1.17. The van der Waals surface area contributed by atoms with Crippen molar-refractivity contribution < 1.29 is 14.0 Å². The van der Waals surface area contributed by atoms with E-state index in [1.165, 1.54) is 32.1 Å². The first-order chi connectivity index (χ1) is 13.2. The standard InChI is InChI=1S/C20H35FN4O2/c21-16-8-6-14(7-9-16)12-25-13-17(11-22-25)23-20(26)18-10-19(27-24-18)15-4-2-1-3-5-15/h14-19,22,24H,1-13H2,(H,23,26). The maximum Gasteiger partial charge on any atom is 0.239 e. The van der Waals surface area contributed by atoms with E-state index in [1.54, 1.807) is 0 Å². The minimum atomic E-state index is -0.599. The van der Waals surface area contributed by atoms with Crippen LogP contribution in [0.1, 0.15) is 64.2 Å². The molecular formula is C20H35FN4O2. The average Bonchev–Trinajstić information content (AvgIpc) is 3.34. The van der Waals surface area contributed by atoms with Gasteiger partial charge in [-0.15, -0.1) is 0 Å². The van der Waals surface area contributed by atoms with Crippen LogP contribution in [0.15, 0.2) is 0 Å². The van der Waals surface area contributed by atoms with Crippen LogP contribution in [0.5, 0.6) is 0 Å². The number of carbonyl (C=O) groups is 1. The number of alkyl halides is 1. The van der Waals surface area contributed by atoms with Crippen molar-refractivity contribution in [2.75, 3.05) is 19.6 Å². The zero-order valence-corrected chi connectivity index (χ0v) is 16.3. The third-order valence-electron chi connectivity index (χ3n) is 6.93. The molecule has 0 spiro atoms. The topological polar surface area (TPSA) is 65.6 Å². The summed E-state index contributed by atoms with van der Waals surface area (Å²) in [5.74, 6) is 1.23. The summed E-state index contributed by atoms with van der Waals surface area (Å²) in [6, 6.07) is -0.101. The molecule has 0 aromatic rings. The number of rotatable bonds is 5. The number of hydrogen-bond acceptors (Lipinski definition) is 5. The molecule has 1 amide bonds. The van der Waals surface area contributed by atoms with Crippen LogP contribution >= 0.6 is 0 Å². The number of hydrogen-bond donors (Lipinski definition) is 3. The molecule has 2 saturated heterocycles. The van der Waals surface area contributed by atoms with E-state index in [0.717, 1.165) is 38.9 Å². The summed E-state index contributed by atoms with van der Waals surface area (Å²) < 4.78 is 13.3. The van der Waals surface area contributed by atoms with E-state index in [1.807, 2.05) is 0 Å². The Labute approximate surface area is 161 Å². The Hall–Kier alpha value is -0.760. The molecule has 6 nitrogen and oxygen atoms in total. The van der Waals surface area contributed by atoms with Gasteiger partial charge in [-0.25, -0.2) is 9.40 Å². The largest absolute Gasteiger partial charge is 0.349 e. The lowest BCUT2D eigenvalue weighted by molar-refractivity contribution is -0.125. The molecule has 0 bridgehead atoms. The number of nitrogens with zero attached hydrogens (tertiary/aromatic N) is 1. The summed E-state index contributed by atoms with van der Waals surface area (Å²) in [7, 11) is 0. The lowest BCUT2D eigenvalue weighted by Gasteiger charge is -2.28. The Kier molecular flexibility index (Phi) is 6.63. The highest BCUT2D eigenvalue weighted by Gasteiger charge is 2.37. The first kappa shape index (κ1) is 19.6. The Bertz CT molecular complexity index is 494. The van der Waals surface area contributed by atoms with Crippen molar-refractivity contribution in [3.63, 3.8) is 0 Å². The zero-order chi connectivity index (χ0) is 18.6. The van der Waals surface area contributed by atoms with E-state index < -0.39 is 6.17 Å². The Morgan fingerprint density at radius 2 is 1.89 bits per heavy atom. The van der Waals surface area contributed by atoms with Crippen molar-refractivity contribution in [3.8, 4) is 0 Å². The summed E-state index contributed by atoms with van der Waals surface area (Å²) in [5.41, 5.74) is 6.37. The first-order valence-electron chi connectivity index (χ1n) is 11.0. The highest BCUT2D eigenvalue weighted by atomic mass is 19.1. The van der Waals surface area contributed by atoms with Gasteiger partial charge in [-0.3, -0.25) is 15.1 Å². The molecule has 3 atom stereocenters. The molecule has 0 aromatic carbocycles. The summed E-state index contributed by atoms with van der Waals surface area (Å²) in [6.07, 6.45) is 10.1. The van der Waals surface area contributed by atoms with Crippen molar-refractivity contribution in [2.24, 2.45) is 11.8 Å². The van der Waals surface area contributed by atoms with E-state index >= 15 is 0 Å². The molecule has 2 heterocycles. The van der Waals surface area contributed by atoms with Gasteiger partial charge in [-0.05, 0) is 50.4 Å². The Morgan fingerprint density at radius 3 is 2.67 bits per heavy atom. The van der Waals surface area contributed by atoms with Crippen molar-refractivity contribution in [3.05, 3.63) is 0 Å². The van der Waals surface area contributed by atoms with Crippen molar-refractivity contribution in [2.45, 2.75) is 88.6 Å². The minimum absolute atomic E-state index is 0.0555. The number of nitrogens with one attached hydrogen (secondary N) is 3. The second kappa shape index (κ2) is 9.16. The minimum Gasteiger partial charge on any atom is -0.349 e. The fraction of sp³-hybridized carbons (Fsp3) is 0.950. The predicted octanol–water partition coefficient (Wildman–Crippen LogP) is 2.06. The lowest BCUT2D eigenvalue weighted by Crippen LogP contribution is -2.47. The molecule has 4 fully saturated rings. The second-order valence-electron chi connectivity index (χ2n) is 9.05. The van der Waals surface area contributed by atoms with Crippen LogP contribution in [-0.4, -0.2) is 54.9 Å². The predicted molar refractivity (Wildman–Crippen MR) is 101 cm³/mol. The van der Waals surface area contributed by atoms with E-state index in [9.17, 15) is 9.18 Å². The number of hydroxylamine groups is 1. The molecule has 3 N–H and O–H groups in total. The Morgan fingerprint density at radius 1 is 1.11 bits per heavy atom. The number of hydrazine groups is 1. The van der Waals surface area contributed by atoms with Gasteiger partial charge >= 0.3 is 0 Å². The van der Waals surface area contributed by atoms with Gasteiger partial charge in [0.25, 0.3) is 0 Å². The van der Waals surface area contributed by atoms with Crippen LogP contribution in [0.25, 0.3) is 0 Å². The van der Waals surface area contributed by atoms with Crippen LogP contribution in [0, 0.1) is 11.8 Å². The van der Waals surface area contributed by atoms with Crippen LogP contribution in [0.4, 0.5) is 4.39 Å². The van der Waals surface area contributed by atoms with Gasteiger partial charge in [0.1, 0.15) is 12.2 Å². The van der Waals surface area contributed by atoms with E-state index in [0.29, 0.717) is 24.7 Å². The lowest BCUT2D eigenvalue weighted by atomic mass is 9.83. The van der Waals surface area contributed by atoms with Crippen molar-refractivity contribution in [1.29, 1.82) is 0 Å². The van der Waals surface area contributed by atoms with Gasteiger partial charge < -0.3 is 5.32 Å². The van der Waals surface area contributed by atoms with Crippen LogP contribution < -0.4 is 16.2 Å². The number of amides is 1. The molecule has 3 unspecified atom stereocenters. The maximum absolute atomic E-state index is 13.3. The summed E-state index contributed by atoms with van der Waals surface area (Å²) in [4.78, 5) is 18.4. The van der Waals surface area contributed by atoms with E-state index in [-0.39, 0.29) is 24.1 Å². The molecule has 0 radical (unpaired) electrons. The molecule has 2 aliphatic heterocycles.